The Labute approximate surface area is 180 Å². The number of ether oxygens (including phenoxy) is 1. The molecule has 0 unspecified atom stereocenters. The number of oxazole rings is 1. The first-order valence-corrected chi connectivity index (χ1v) is 9.88. The molecular weight excluding hydrogens is 390 g/mol. The maximum Gasteiger partial charge on any atom is 0.323 e. The van der Waals surface area contributed by atoms with E-state index in [1.807, 2.05) is 24.3 Å². The molecule has 0 atom stereocenters. The number of rotatable bonds is 5. The highest BCUT2D eigenvalue weighted by molar-refractivity contribution is 6.00. The molecule has 0 saturated heterocycles. The smallest absolute Gasteiger partial charge is 0.323 e. The number of hydrogen-bond acceptors (Lipinski definition) is 4. The largest absolute Gasteiger partial charge is 0.495 e. The number of methoxy groups -OCH3 is 1. The maximum absolute atomic E-state index is 12.3. The number of para-hydroxylation sites is 2. The summed E-state index contributed by atoms with van der Waals surface area (Å²) in [7, 11) is 1.56. The van der Waals surface area contributed by atoms with Crippen LogP contribution in [0.1, 0.15) is 11.1 Å². The Bertz CT molecular complexity index is 1210. The molecule has 4 aromatic rings. The molecule has 1 heterocycles. The predicted molar refractivity (Wildman–Crippen MR) is 122 cm³/mol. The van der Waals surface area contributed by atoms with Crippen LogP contribution in [-0.2, 0) is 0 Å². The van der Waals surface area contributed by atoms with E-state index in [2.05, 4.69) is 47.7 Å². The number of aromatic nitrogens is 1. The second-order valence-electron chi connectivity index (χ2n) is 7.21. The van der Waals surface area contributed by atoms with Crippen LogP contribution in [0.4, 0.5) is 16.2 Å². The fraction of sp³-hybridized carbons (Fsp3) is 0.120. The van der Waals surface area contributed by atoms with Gasteiger partial charge in [0.2, 0.25) is 5.89 Å². The Balaban J connectivity index is 1.45. The van der Waals surface area contributed by atoms with E-state index in [1.165, 1.54) is 5.56 Å². The number of aryl methyl sites for hydroxylation is 2. The van der Waals surface area contributed by atoms with Gasteiger partial charge >= 0.3 is 6.03 Å². The molecule has 0 aliphatic rings. The minimum Gasteiger partial charge on any atom is -0.495 e. The molecule has 6 nitrogen and oxygen atoms in total. The number of nitrogens with one attached hydrogen (secondary N) is 2. The van der Waals surface area contributed by atoms with Crippen molar-refractivity contribution in [3.8, 4) is 28.5 Å². The molecule has 2 N–H and O–H groups in total. The van der Waals surface area contributed by atoms with Crippen LogP contribution in [0, 0.1) is 13.8 Å². The number of benzene rings is 3. The molecule has 0 aliphatic carbocycles. The molecule has 0 spiro atoms. The molecule has 0 fully saturated rings. The van der Waals surface area contributed by atoms with Crippen LogP contribution in [0.25, 0.3) is 22.7 Å². The van der Waals surface area contributed by atoms with E-state index in [-0.39, 0.29) is 6.03 Å². The molecule has 0 aliphatic heterocycles. The van der Waals surface area contributed by atoms with Crippen LogP contribution in [-0.4, -0.2) is 18.1 Å². The summed E-state index contributed by atoms with van der Waals surface area (Å²) in [4.78, 5) is 16.9. The van der Waals surface area contributed by atoms with Crippen molar-refractivity contribution in [3.63, 3.8) is 0 Å². The summed E-state index contributed by atoms with van der Waals surface area (Å²) in [6.07, 6.45) is 1.67. The Morgan fingerprint density at radius 2 is 1.74 bits per heavy atom. The van der Waals surface area contributed by atoms with Gasteiger partial charge in [0.05, 0.1) is 12.8 Å². The lowest BCUT2D eigenvalue weighted by Crippen LogP contribution is -2.19. The normalized spacial score (nSPS) is 10.5. The zero-order chi connectivity index (χ0) is 21.8. The van der Waals surface area contributed by atoms with E-state index >= 15 is 0 Å². The standard InChI is InChI=1S/C25H23N3O3/c1-16-8-13-20(17(2)14-16)22-15-31-24(27-22)18-9-11-19(12-10-18)26-25(29)28-21-6-4-5-7-23(21)30-3/h4-15H,1-3H3,(H2,26,28,29). The van der Waals surface area contributed by atoms with Crippen molar-refractivity contribution >= 4 is 17.4 Å². The van der Waals surface area contributed by atoms with Crippen LogP contribution >= 0.6 is 0 Å². The highest BCUT2D eigenvalue weighted by Crippen LogP contribution is 2.28. The summed E-state index contributed by atoms with van der Waals surface area (Å²) in [6.45, 7) is 4.13. The van der Waals surface area contributed by atoms with Gasteiger partial charge in [-0.25, -0.2) is 9.78 Å². The van der Waals surface area contributed by atoms with Gasteiger partial charge in [-0.1, -0.05) is 35.9 Å². The van der Waals surface area contributed by atoms with Crippen molar-refractivity contribution < 1.29 is 13.9 Å². The van der Waals surface area contributed by atoms with Crippen molar-refractivity contribution in [1.82, 2.24) is 4.98 Å². The number of anilines is 2. The molecular formula is C25H23N3O3. The lowest BCUT2D eigenvalue weighted by atomic mass is 10.0. The van der Waals surface area contributed by atoms with Crippen molar-refractivity contribution in [2.24, 2.45) is 0 Å². The average Bonchev–Trinajstić information content (AvgIpc) is 3.24. The quantitative estimate of drug-likeness (QED) is 0.404. The summed E-state index contributed by atoms with van der Waals surface area (Å²) < 4.78 is 10.9. The molecule has 156 valence electrons. The molecule has 0 bridgehead atoms. The van der Waals surface area contributed by atoms with E-state index in [0.29, 0.717) is 23.0 Å². The zero-order valence-corrected chi connectivity index (χ0v) is 17.6. The van der Waals surface area contributed by atoms with Gasteiger partial charge in [-0.15, -0.1) is 0 Å². The Morgan fingerprint density at radius 1 is 0.968 bits per heavy atom. The second kappa shape index (κ2) is 8.75. The van der Waals surface area contributed by atoms with Crippen LogP contribution in [0.15, 0.2) is 77.4 Å². The van der Waals surface area contributed by atoms with Crippen LogP contribution in [0.5, 0.6) is 5.75 Å². The first-order valence-electron chi connectivity index (χ1n) is 9.88. The monoisotopic (exact) mass is 413 g/mol. The van der Waals surface area contributed by atoms with Crippen molar-refractivity contribution in [2.45, 2.75) is 13.8 Å². The Morgan fingerprint density at radius 3 is 2.48 bits per heavy atom. The minimum atomic E-state index is -0.356. The molecule has 3 aromatic carbocycles. The highest BCUT2D eigenvalue weighted by Gasteiger charge is 2.11. The van der Waals surface area contributed by atoms with E-state index < -0.39 is 0 Å². The molecule has 0 radical (unpaired) electrons. The third-order valence-corrected chi connectivity index (χ3v) is 4.91. The third kappa shape index (κ3) is 4.59. The summed E-state index contributed by atoms with van der Waals surface area (Å²) >= 11 is 0. The molecule has 4 rings (SSSR count). The third-order valence-electron chi connectivity index (χ3n) is 4.91. The van der Waals surface area contributed by atoms with E-state index in [1.54, 1.807) is 37.6 Å². The molecule has 31 heavy (non-hydrogen) atoms. The van der Waals surface area contributed by atoms with Gasteiger partial charge in [0.1, 0.15) is 17.7 Å². The number of nitrogens with zero attached hydrogens (tertiary/aromatic N) is 1. The summed E-state index contributed by atoms with van der Waals surface area (Å²) in [5, 5.41) is 5.59. The Kier molecular flexibility index (Phi) is 5.71. The van der Waals surface area contributed by atoms with Crippen LogP contribution in [0.3, 0.4) is 0 Å². The maximum atomic E-state index is 12.3. The lowest BCUT2D eigenvalue weighted by Gasteiger charge is -2.11. The minimum absolute atomic E-state index is 0.356. The van der Waals surface area contributed by atoms with Gasteiger partial charge in [-0.05, 0) is 55.8 Å². The summed E-state index contributed by atoms with van der Waals surface area (Å²) in [5.41, 5.74) is 6.28. The fourth-order valence-electron chi connectivity index (χ4n) is 3.36. The molecule has 2 amide bonds. The number of amides is 2. The summed E-state index contributed by atoms with van der Waals surface area (Å²) in [6, 6.07) is 20.4. The van der Waals surface area contributed by atoms with Gasteiger partial charge in [0.15, 0.2) is 0 Å². The molecule has 1 aromatic heterocycles. The van der Waals surface area contributed by atoms with Crippen molar-refractivity contribution in [3.05, 3.63) is 84.1 Å². The second-order valence-corrected chi connectivity index (χ2v) is 7.21. The van der Waals surface area contributed by atoms with Gasteiger partial charge in [-0.3, -0.25) is 0 Å². The van der Waals surface area contributed by atoms with Crippen molar-refractivity contribution in [1.29, 1.82) is 0 Å². The number of carbonyl (C=O) groups excluding carboxylic acids is 1. The Hall–Kier alpha value is -4.06. The topological polar surface area (TPSA) is 76.4 Å². The van der Waals surface area contributed by atoms with Gasteiger partial charge in [0, 0.05) is 16.8 Å². The van der Waals surface area contributed by atoms with Gasteiger partial charge < -0.3 is 19.8 Å². The van der Waals surface area contributed by atoms with Gasteiger partial charge in [-0.2, -0.15) is 0 Å². The molecule has 0 saturated carbocycles. The van der Waals surface area contributed by atoms with Crippen LogP contribution in [0.2, 0.25) is 0 Å². The van der Waals surface area contributed by atoms with E-state index in [9.17, 15) is 4.79 Å². The summed E-state index contributed by atoms with van der Waals surface area (Å²) in [5.74, 6) is 1.12. The number of hydrogen-bond donors (Lipinski definition) is 2. The predicted octanol–water partition coefficient (Wildman–Crippen LogP) is 6.28. The highest BCUT2D eigenvalue weighted by atomic mass is 16.5. The lowest BCUT2D eigenvalue weighted by molar-refractivity contribution is 0.262. The number of urea groups is 1. The fourth-order valence-corrected chi connectivity index (χ4v) is 3.36. The van der Waals surface area contributed by atoms with E-state index in [4.69, 9.17) is 9.15 Å². The number of carbonyl (C=O) groups is 1. The van der Waals surface area contributed by atoms with E-state index in [0.717, 1.165) is 22.4 Å². The molecule has 6 heteroatoms. The first kappa shape index (κ1) is 20.2. The average molecular weight is 413 g/mol. The van der Waals surface area contributed by atoms with Crippen molar-refractivity contribution in [2.75, 3.05) is 17.7 Å². The van der Waals surface area contributed by atoms with Gasteiger partial charge in [0.25, 0.3) is 0 Å². The zero-order valence-electron chi connectivity index (χ0n) is 17.6. The SMILES string of the molecule is COc1ccccc1NC(=O)Nc1ccc(-c2nc(-c3ccc(C)cc3C)co2)cc1. The first-order chi connectivity index (χ1) is 15.0. The van der Waals surface area contributed by atoms with Crippen LogP contribution < -0.4 is 15.4 Å².